The monoisotopic (exact) mass is 356 g/mol. The number of hydrogen-bond acceptors (Lipinski definition) is 5. The highest BCUT2D eigenvalue weighted by Crippen LogP contribution is 1.97. The average molecular weight is 356 g/mol. The van der Waals surface area contributed by atoms with Crippen molar-refractivity contribution in [2.45, 2.75) is 39.5 Å². The van der Waals surface area contributed by atoms with Crippen LogP contribution in [-0.4, -0.2) is 67.1 Å². The number of carboxylic acids is 1. The van der Waals surface area contributed by atoms with Gasteiger partial charge < -0.3 is 26.0 Å². The van der Waals surface area contributed by atoms with Gasteiger partial charge in [-0.15, -0.1) is 0 Å². The number of nitrogens with zero attached hydrogens (tertiary/aromatic N) is 1. The van der Waals surface area contributed by atoms with Crippen molar-refractivity contribution in [1.29, 1.82) is 0 Å². The molecule has 0 rings (SSSR count). The second kappa shape index (κ2) is 15.4. The molecule has 0 bridgehead atoms. The number of nitrogens with one attached hydrogen (secondary N) is 3. The van der Waals surface area contributed by atoms with Gasteiger partial charge in [0.1, 0.15) is 0 Å². The van der Waals surface area contributed by atoms with Gasteiger partial charge in [0.05, 0.1) is 6.42 Å². The maximum absolute atomic E-state index is 11.8. The Morgan fingerprint density at radius 1 is 0.920 bits per heavy atom. The summed E-state index contributed by atoms with van der Waals surface area (Å²) in [5, 5.41) is 17.1. The quantitative estimate of drug-likeness (QED) is 0.314. The molecule has 0 heterocycles. The predicted molar refractivity (Wildman–Crippen MR) is 97.1 cm³/mol. The van der Waals surface area contributed by atoms with Crippen LogP contribution >= 0.6 is 0 Å². The number of carbonyl (C=O) groups excluding carboxylic acids is 2. The van der Waals surface area contributed by atoms with E-state index in [2.05, 4.69) is 16.0 Å². The van der Waals surface area contributed by atoms with Crippen LogP contribution in [0.2, 0.25) is 0 Å². The Labute approximate surface area is 150 Å². The van der Waals surface area contributed by atoms with Crippen LogP contribution in [0, 0.1) is 0 Å². The van der Waals surface area contributed by atoms with Gasteiger partial charge in [-0.25, -0.2) is 0 Å². The molecule has 0 aliphatic heterocycles. The molecule has 8 heteroatoms. The lowest BCUT2D eigenvalue weighted by atomic mass is 10.3. The number of amides is 2. The Bertz CT molecular complexity index is 427. The van der Waals surface area contributed by atoms with Crippen LogP contribution < -0.4 is 16.0 Å². The lowest BCUT2D eigenvalue weighted by Gasteiger charge is -2.20. The molecule has 25 heavy (non-hydrogen) atoms. The van der Waals surface area contributed by atoms with Crippen LogP contribution in [0.1, 0.15) is 39.5 Å². The summed E-state index contributed by atoms with van der Waals surface area (Å²) < 4.78 is 0. The molecular weight excluding hydrogens is 324 g/mol. The van der Waals surface area contributed by atoms with Crippen molar-refractivity contribution in [3.05, 3.63) is 12.3 Å². The van der Waals surface area contributed by atoms with Crippen molar-refractivity contribution in [3.8, 4) is 0 Å². The lowest BCUT2D eigenvalue weighted by Crippen LogP contribution is -2.35. The molecule has 4 N–H and O–H groups in total. The van der Waals surface area contributed by atoms with Crippen LogP contribution in [0.3, 0.4) is 0 Å². The van der Waals surface area contributed by atoms with Gasteiger partial charge >= 0.3 is 5.97 Å². The largest absolute Gasteiger partial charge is 0.481 e. The van der Waals surface area contributed by atoms with Gasteiger partial charge in [-0.3, -0.25) is 14.4 Å². The third-order valence-electron chi connectivity index (χ3n) is 3.32. The van der Waals surface area contributed by atoms with Gasteiger partial charge in [-0.05, 0) is 19.5 Å². The van der Waals surface area contributed by atoms with E-state index in [0.29, 0.717) is 52.1 Å². The maximum atomic E-state index is 11.8. The minimum atomic E-state index is -0.844. The first-order chi connectivity index (χ1) is 12.0. The molecule has 0 aromatic heterocycles. The molecule has 0 saturated carbocycles. The molecule has 0 radical (unpaired) electrons. The fourth-order valence-electron chi connectivity index (χ4n) is 2.01. The summed E-state index contributed by atoms with van der Waals surface area (Å²) in [7, 11) is 0. The fourth-order valence-corrected chi connectivity index (χ4v) is 2.01. The average Bonchev–Trinajstić information content (AvgIpc) is 2.58. The van der Waals surface area contributed by atoms with E-state index < -0.39 is 5.97 Å². The summed E-state index contributed by atoms with van der Waals surface area (Å²) in [4.78, 5) is 35.7. The zero-order valence-electron chi connectivity index (χ0n) is 15.3. The Hall–Kier alpha value is -2.09. The summed E-state index contributed by atoms with van der Waals surface area (Å²) in [6.45, 7) is 7.09. The third-order valence-corrected chi connectivity index (χ3v) is 3.32. The zero-order valence-corrected chi connectivity index (χ0v) is 15.3. The molecule has 0 spiro atoms. The van der Waals surface area contributed by atoms with E-state index in [1.165, 1.54) is 0 Å². The van der Waals surface area contributed by atoms with Gasteiger partial charge in [0.25, 0.3) is 0 Å². The van der Waals surface area contributed by atoms with Crippen molar-refractivity contribution < 1.29 is 19.5 Å². The second-order valence-corrected chi connectivity index (χ2v) is 5.61. The van der Waals surface area contributed by atoms with Gasteiger partial charge in [0.2, 0.25) is 11.8 Å². The highest BCUT2D eigenvalue weighted by molar-refractivity contribution is 5.76. The molecule has 0 fully saturated rings. The lowest BCUT2D eigenvalue weighted by molar-refractivity contribution is -0.137. The normalized spacial score (nSPS) is 10.6. The fraction of sp³-hybridized carbons (Fsp3) is 0.706. The maximum Gasteiger partial charge on any atom is 0.304 e. The highest BCUT2D eigenvalue weighted by Gasteiger charge is 2.07. The second-order valence-electron chi connectivity index (χ2n) is 5.61. The van der Waals surface area contributed by atoms with Gasteiger partial charge in [-0.1, -0.05) is 13.0 Å². The zero-order chi connectivity index (χ0) is 18.9. The van der Waals surface area contributed by atoms with Crippen molar-refractivity contribution in [3.63, 3.8) is 0 Å². The first-order valence-electron chi connectivity index (χ1n) is 8.82. The SMILES string of the molecule is C/C=C\N(CCC(=O)NCCC)CCC(=O)NCCNCCC(=O)O. The predicted octanol–water partition coefficient (Wildman–Crippen LogP) is 0.309. The van der Waals surface area contributed by atoms with Crippen molar-refractivity contribution in [2.75, 3.05) is 39.3 Å². The first kappa shape index (κ1) is 22.9. The van der Waals surface area contributed by atoms with E-state index in [-0.39, 0.29) is 18.2 Å². The topological polar surface area (TPSA) is 111 Å². The number of allylic oxidation sites excluding steroid dienone is 1. The number of hydrogen-bond donors (Lipinski definition) is 4. The smallest absolute Gasteiger partial charge is 0.304 e. The molecule has 0 aromatic carbocycles. The summed E-state index contributed by atoms with van der Waals surface area (Å²) in [6.07, 6.45) is 5.49. The van der Waals surface area contributed by atoms with E-state index >= 15 is 0 Å². The molecule has 0 aliphatic carbocycles. The third kappa shape index (κ3) is 15.2. The van der Waals surface area contributed by atoms with E-state index in [0.717, 1.165) is 6.42 Å². The number of carboxylic acid groups (broad SMARTS) is 1. The van der Waals surface area contributed by atoms with Crippen LogP contribution in [0.25, 0.3) is 0 Å². The van der Waals surface area contributed by atoms with Crippen LogP contribution in [-0.2, 0) is 14.4 Å². The Morgan fingerprint density at radius 3 is 2.04 bits per heavy atom. The molecule has 0 aliphatic rings. The number of aliphatic carboxylic acids is 1. The molecule has 0 aromatic rings. The van der Waals surface area contributed by atoms with Crippen LogP contribution in [0.15, 0.2) is 12.3 Å². The first-order valence-corrected chi connectivity index (χ1v) is 8.82. The van der Waals surface area contributed by atoms with Gasteiger partial charge in [0.15, 0.2) is 0 Å². The van der Waals surface area contributed by atoms with E-state index in [9.17, 15) is 14.4 Å². The van der Waals surface area contributed by atoms with E-state index in [1.54, 1.807) is 0 Å². The molecule has 0 saturated heterocycles. The highest BCUT2D eigenvalue weighted by atomic mass is 16.4. The summed E-state index contributed by atoms with van der Waals surface area (Å²) >= 11 is 0. The van der Waals surface area contributed by atoms with Crippen LogP contribution in [0.4, 0.5) is 0 Å². The number of rotatable bonds is 15. The van der Waals surface area contributed by atoms with Gasteiger partial charge in [0, 0.05) is 52.1 Å². The molecule has 2 amide bonds. The van der Waals surface area contributed by atoms with Crippen molar-refractivity contribution in [2.24, 2.45) is 0 Å². The molecular formula is C17H32N4O4. The Kier molecular flexibility index (Phi) is 14.1. The van der Waals surface area contributed by atoms with E-state index in [1.807, 2.05) is 31.0 Å². The number of carbonyl (C=O) groups is 3. The van der Waals surface area contributed by atoms with Crippen molar-refractivity contribution >= 4 is 17.8 Å². The minimum absolute atomic E-state index is 0.0215. The molecule has 144 valence electrons. The molecule has 8 nitrogen and oxygen atoms in total. The Morgan fingerprint density at radius 2 is 1.52 bits per heavy atom. The standard InChI is InChI=1S/C17H32N4O4/c1-3-8-19-15(22)6-13-21(12-4-2)14-7-16(23)20-11-10-18-9-5-17(24)25/h4,12,18H,3,5-11,13-14H2,1-2H3,(H,19,22)(H,20,23)(H,24,25)/b12-4-. The van der Waals surface area contributed by atoms with Crippen molar-refractivity contribution in [1.82, 2.24) is 20.9 Å². The van der Waals surface area contributed by atoms with E-state index in [4.69, 9.17) is 5.11 Å². The summed E-state index contributed by atoms with van der Waals surface area (Å²) in [6, 6.07) is 0. The molecule has 0 atom stereocenters. The Balaban J connectivity index is 3.87. The van der Waals surface area contributed by atoms with Gasteiger partial charge in [-0.2, -0.15) is 0 Å². The summed E-state index contributed by atoms with van der Waals surface area (Å²) in [5.74, 6) is -0.887. The molecule has 0 unspecified atom stereocenters. The minimum Gasteiger partial charge on any atom is -0.481 e. The summed E-state index contributed by atoms with van der Waals surface area (Å²) in [5.41, 5.74) is 0. The van der Waals surface area contributed by atoms with Crippen LogP contribution in [0.5, 0.6) is 0 Å².